The molecule has 1 aromatic rings. The highest BCUT2D eigenvalue weighted by Gasteiger charge is 2.30. The second-order valence-electron chi connectivity index (χ2n) is 5.49. The molecule has 1 amide bonds. The van der Waals surface area contributed by atoms with E-state index < -0.39 is 6.10 Å². The highest BCUT2D eigenvalue weighted by molar-refractivity contribution is 5.76. The number of nitrogens with zero attached hydrogens (tertiary/aromatic N) is 1. The standard InChI is InChI=1S/C16H22FNO3/c1-21-9-7-16(20)18-8-6-13(15(19)11-18)10-12-4-2-3-5-14(12)17/h2-5,13,15,19H,6-11H2,1H3/t13-,15+/m1/s1. The molecule has 2 atom stereocenters. The van der Waals surface area contributed by atoms with Crippen LogP contribution in [0.25, 0.3) is 0 Å². The third-order valence-electron chi connectivity index (χ3n) is 4.03. The van der Waals surface area contributed by atoms with Crippen molar-refractivity contribution in [2.45, 2.75) is 25.4 Å². The van der Waals surface area contributed by atoms with Gasteiger partial charge in [0.25, 0.3) is 0 Å². The van der Waals surface area contributed by atoms with Gasteiger partial charge in [-0.15, -0.1) is 0 Å². The molecule has 2 rings (SSSR count). The van der Waals surface area contributed by atoms with Gasteiger partial charge < -0.3 is 14.7 Å². The van der Waals surface area contributed by atoms with E-state index in [0.717, 1.165) is 0 Å². The second kappa shape index (κ2) is 7.52. The van der Waals surface area contributed by atoms with Crippen LogP contribution in [0.1, 0.15) is 18.4 Å². The smallest absolute Gasteiger partial charge is 0.224 e. The topological polar surface area (TPSA) is 49.8 Å². The zero-order valence-corrected chi connectivity index (χ0v) is 12.3. The molecule has 1 heterocycles. The lowest BCUT2D eigenvalue weighted by atomic mass is 9.87. The predicted molar refractivity (Wildman–Crippen MR) is 77.3 cm³/mol. The molecule has 0 unspecified atom stereocenters. The van der Waals surface area contributed by atoms with E-state index in [-0.39, 0.29) is 17.6 Å². The molecule has 0 saturated carbocycles. The fourth-order valence-corrected chi connectivity index (χ4v) is 2.74. The number of likely N-dealkylation sites (tertiary alicyclic amines) is 1. The monoisotopic (exact) mass is 295 g/mol. The van der Waals surface area contributed by atoms with Crippen LogP contribution in [0.4, 0.5) is 4.39 Å². The Morgan fingerprint density at radius 3 is 2.90 bits per heavy atom. The van der Waals surface area contributed by atoms with Gasteiger partial charge in [-0.1, -0.05) is 18.2 Å². The van der Waals surface area contributed by atoms with Gasteiger partial charge in [0.05, 0.1) is 19.1 Å². The minimum atomic E-state index is -0.607. The van der Waals surface area contributed by atoms with Gasteiger partial charge in [-0.2, -0.15) is 0 Å². The number of β-amino-alcohol motifs (C(OH)–C–C–N with tert-alkyl or cyclic N) is 1. The third-order valence-corrected chi connectivity index (χ3v) is 4.03. The van der Waals surface area contributed by atoms with Crippen LogP contribution in [0.15, 0.2) is 24.3 Å². The van der Waals surface area contributed by atoms with Crippen LogP contribution >= 0.6 is 0 Å². The summed E-state index contributed by atoms with van der Waals surface area (Å²) >= 11 is 0. The number of carbonyl (C=O) groups is 1. The van der Waals surface area contributed by atoms with Crippen molar-refractivity contribution in [2.24, 2.45) is 5.92 Å². The van der Waals surface area contributed by atoms with Crippen LogP contribution in [0.3, 0.4) is 0 Å². The van der Waals surface area contributed by atoms with Crippen molar-refractivity contribution in [3.05, 3.63) is 35.6 Å². The maximum absolute atomic E-state index is 13.7. The maximum atomic E-state index is 13.7. The van der Waals surface area contributed by atoms with Crippen molar-refractivity contribution >= 4 is 5.91 Å². The van der Waals surface area contributed by atoms with E-state index in [0.29, 0.717) is 44.5 Å². The van der Waals surface area contributed by atoms with E-state index in [1.807, 2.05) is 0 Å². The largest absolute Gasteiger partial charge is 0.391 e. The number of amides is 1. The van der Waals surface area contributed by atoms with E-state index in [1.165, 1.54) is 6.07 Å². The number of carbonyl (C=O) groups excluding carboxylic acids is 1. The predicted octanol–water partition coefficient (Wildman–Crippen LogP) is 1.61. The average Bonchev–Trinajstić information content (AvgIpc) is 2.49. The molecule has 0 aromatic heterocycles. The molecular weight excluding hydrogens is 273 g/mol. The fourth-order valence-electron chi connectivity index (χ4n) is 2.74. The molecular formula is C16H22FNO3. The molecule has 4 nitrogen and oxygen atoms in total. The molecule has 0 radical (unpaired) electrons. The number of rotatable bonds is 5. The van der Waals surface area contributed by atoms with Gasteiger partial charge in [-0.05, 0) is 30.4 Å². The summed E-state index contributed by atoms with van der Waals surface area (Å²) in [5.74, 6) is -0.239. The van der Waals surface area contributed by atoms with Crippen molar-refractivity contribution in [3.8, 4) is 0 Å². The van der Waals surface area contributed by atoms with Crippen LogP contribution < -0.4 is 0 Å². The van der Waals surface area contributed by atoms with Crippen molar-refractivity contribution in [3.63, 3.8) is 0 Å². The quantitative estimate of drug-likeness (QED) is 0.898. The highest BCUT2D eigenvalue weighted by atomic mass is 19.1. The summed E-state index contributed by atoms with van der Waals surface area (Å²) in [6.45, 7) is 1.32. The third kappa shape index (κ3) is 4.25. The van der Waals surface area contributed by atoms with Crippen LogP contribution in [-0.2, 0) is 16.0 Å². The summed E-state index contributed by atoms with van der Waals surface area (Å²) in [5.41, 5.74) is 0.626. The van der Waals surface area contributed by atoms with Crippen LogP contribution in [0, 0.1) is 11.7 Å². The minimum absolute atomic E-state index is 0.000224. The molecule has 1 aromatic carbocycles. The zero-order chi connectivity index (χ0) is 15.2. The van der Waals surface area contributed by atoms with E-state index in [4.69, 9.17) is 4.74 Å². The van der Waals surface area contributed by atoms with E-state index in [9.17, 15) is 14.3 Å². The molecule has 5 heteroatoms. The Kier molecular flexibility index (Phi) is 5.70. The first-order valence-corrected chi connectivity index (χ1v) is 7.30. The lowest BCUT2D eigenvalue weighted by molar-refractivity contribution is -0.136. The number of hydrogen-bond acceptors (Lipinski definition) is 3. The summed E-state index contributed by atoms with van der Waals surface area (Å²) in [6.07, 6.45) is 0.924. The Balaban J connectivity index is 1.89. The lowest BCUT2D eigenvalue weighted by Crippen LogP contribution is -2.47. The molecule has 1 fully saturated rings. The lowest BCUT2D eigenvalue weighted by Gasteiger charge is -2.36. The zero-order valence-electron chi connectivity index (χ0n) is 12.3. The summed E-state index contributed by atoms with van der Waals surface area (Å²) in [4.78, 5) is 13.6. The van der Waals surface area contributed by atoms with Gasteiger partial charge in [0.1, 0.15) is 5.82 Å². The molecule has 1 aliphatic rings. The molecule has 1 aliphatic heterocycles. The number of ether oxygens (including phenoxy) is 1. The molecule has 0 bridgehead atoms. The van der Waals surface area contributed by atoms with Crippen LogP contribution in [0.2, 0.25) is 0 Å². The van der Waals surface area contributed by atoms with Gasteiger partial charge in [-0.25, -0.2) is 4.39 Å². The van der Waals surface area contributed by atoms with Crippen molar-refractivity contribution in [2.75, 3.05) is 26.8 Å². The minimum Gasteiger partial charge on any atom is -0.391 e. The molecule has 0 aliphatic carbocycles. The Hall–Kier alpha value is -1.46. The van der Waals surface area contributed by atoms with Gasteiger partial charge in [-0.3, -0.25) is 4.79 Å². The number of aliphatic hydroxyl groups excluding tert-OH is 1. The fraction of sp³-hybridized carbons (Fsp3) is 0.562. The summed E-state index contributed by atoms with van der Waals surface area (Å²) in [6, 6.07) is 6.64. The number of halogens is 1. The molecule has 1 saturated heterocycles. The SMILES string of the molecule is COCCC(=O)N1CC[C@H](Cc2ccccc2F)[C@@H](O)C1. The Labute approximate surface area is 124 Å². The van der Waals surface area contributed by atoms with Crippen LogP contribution in [0.5, 0.6) is 0 Å². The average molecular weight is 295 g/mol. The number of methoxy groups -OCH3 is 1. The molecule has 116 valence electrons. The van der Waals surface area contributed by atoms with E-state index >= 15 is 0 Å². The van der Waals surface area contributed by atoms with Crippen molar-refractivity contribution in [1.82, 2.24) is 4.90 Å². The Morgan fingerprint density at radius 1 is 1.48 bits per heavy atom. The van der Waals surface area contributed by atoms with Gasteiger partial charge >= 0.3 is 0 Å². The molecule has 1 N–H and O–H groups in total. The first-order valence-electron chi connectivity index (χ1n) is 7.30. The van der Waals surface area contributed by atoms with E-state index in [1.54, 1.807) is 30.2 Å². The summed E-state index contributed by atoms with van der Waals surface area (Å²) in [7, 11) is 1.56. The molecule has 21 heavy (non-hydrogen) atoms. The van der Waals surface area contributed by atoms with E-state index in [2.05, 4.69) is 0 Å². The maximum Gasteiger partial charge on any atom is 0.224 e. The van der Waals surface area contributed by atoms with Gasteiger partial charge in [0.2, 0.25) is 5.91 Å². The van der Waals surface area contributed by atoms with Crippen molar-refractivity contribution in [1.29, 1.82) is 0 Å². The van der Waals surface area contributed by atoms with Gasteiger partial charge in [0.15, 0.2) is 0 Å². The normalized spacial score (nSPS) is 22.3. The number of benzene rings is 1. The summed E-state index contributed by atoms with van der Waals surface area (Å²) in [5, 5.41) is 10.2. The van der Waals surface area contributed by atoms with Crippen molar-refractivity contribution < 1.29 is 19.0 Å². The Morgan fingerprint density at radius 2 is 2.24 bits per heavy atom. The van der Waals surface area contributed by atoms with Crippen LogP contribution in [-0.4, -0.2) is 48.8 Å². The first kappa shape index (κ1) is 15.9. The Bertz CT molecular complexity index is 480. The summed E-state index contributed by atoms with van der Waals surface area (Å²) < 4.78 is 18.5. The second-order valence-corrected chi connectivity index (χ2v) is 5.49. The highest BCUT2D eigenvalue weighted by Crippen LogP contribution is 2.23. The number of hydrogen-bond donors (Lipinski definition) is 1. The number of aliphatic hydroxyl groups is 1. The van der Waals surface area contributed by atoms with Gasteiger partial charge in [0, 0.05) is 20.2 Å². The molecule has 0 spiro atoms. The number of piperidine rings is 1. The first-order chi connectivity index (χ1) is 10.1.